The van der Waals surface area contributed by atoms with Gasteiger partial charge in [-0.1, -0.05) is 53.2 Å². The molecule has 3 unspecified atom stereocenters. The second-order valence-electron chi connectivity index (χ2n) is 4.11. The first-order chi connectivity index (χ1) is 5.11. The molecule has 0 aliphatic rings. The van der Waals surface area contributed by atoms with E-state index in [1.807, 2.05) is 0 Å². The Morgan fingerprint density at radius 2 is 1.64 bits per heavy atom. The van der Waals surface area contributed by atoms with E-state index in [0.29, 0.717) is 0 Å². The first kappa shape index (κ1) is 11.1. The fourth-order valence-electron chi connectivity index (χ4n) is 1.44. The second kappa shape index (κ2) is 5.68. The molecule has 0 saturated carbocycles. The molecule has 3 atom stereocenters. The Morgan fingerprint density at radius 1 is 1.09 bits per heavy atom. The Labute approximate surface area is 73.0 Å². The van der Waals surface area contributed by atoms with E-state index in [1.54, 1.807) is 0 Å². The van der Waals surface area contributed by atoms with Gasteiger partial charge in [-0.3, -0.25) is 0 Å². The molecule has 11 heavy (non-hydrogen) atoms. The van der Waals surface area contributed by atoms with Crippen molar-refractivity contribution in [3.8, 4) is 0 Å². The van der Waals surface area contributed by atoms with Crippen LogP contribution < -0.4 is 0 Å². The second-order valence-corrected chi connectivity index (χ2v) is 4.11. The summed E-state index contributed by atoms with van der Waals surface area (Å²) >= 11 is 0. The Morgan fingerprint density at radius 3 is 2.00 bits per heavy atom. The minimum absolute atomic E-state index is 0.906. The van der Waals surface area contributed by atoms with Gasteiger partial charge in [0.1, 0.15) is 7.28 Å². The summed E-state index contributed by atoms with van der Waals surface area (Å²) in [5.74, 6) is 2.73. The summed E-state index contributed by atoms with van der Waals surface area (Å²) in [6.45, 7) is 11.7. The largest absolute Gasteiger partial charge is 0.120 e. The van der Waals surface area contributed by atoms with Gasteiger partial charge in [-0.15, -0.1) is 0 Å². The molecule has 0 fully saturated rings. The Balaban J connectivity index is 3.58. The lowest BCUT2D eigenvalue weighted by molar-refractivity contribution is 0.352. The van der Waals surface area contributed by atoms with Gasteiger partial charge in [0.2, 0.25) is 0 Å². The van der Waals surface area contributed by atoms with Crippen LogP contribution in [0.5, 0.6) is 0 Å². The van der Waals surface area contributed by atoms with Crippen LogP contribution >= 0.6 is 0 Å². The van der Waals surface area contributed by atoms with Gasteiger partial charge in [0.15, 0.2) is 0 Å². The summed E-state index contributed by atoms with van der Waals surface area (Å²) < 4.78 is 0. The molecule has 0 spiro atoms. The highest BCUT2D eigenvalue weighted by Crippen LogP contribution is 2.24. The maximum Gasteiger partial charge on any atom is 0.120 e. The minimum atomic E-state index is 0.906. The van der Waals surface area contributed by atoms with Gasteiger partial charge < -0.3 is 0 Å². The van der Waals surface area contributed by atoms with E-state index in [-0.39, 0.29) is 0 Å². The van der Waals surface area contributed by atoms with E-state index in [9.17, 15) is 0 Å². The normalized spacial score (nSPS) is 19.0. The summed E-state index contributed by atoms with van der Waals surface area (Å²) in [5, 5.41) is 0. The van der Waals surface area contributed by atoms with Gasteiger partial charge in [0.25, 0.3) is 0 Å². The van der Waals surface area contributed by atoms with Gasteiger partial charge in [-0.05, 0) is 11.8 Å². The van der Waals surface area contributed by atoms with Crippen LogP contribution in [0.3, 0.4) is 0 Å². The van der Waals surface area contributed by atoms with Crippen LogP contribution in [0, 0.1) is 11.8 Å². The predicted molar refractivity (Wildman–Crippen MR) is 55.7 cm³/mol. The third-order valence-electron chi connectivity index (χ3n) is 3.09. The molecular weight excluding hydrogens is 131 g/mol. The molecule has 0 amide bonds. The van der Waals surface area contributed by atoms with Crippen molar-refractivity contribution in [2.45, 2.75) is 53.2 Å². The van der Waals surface area contributed by atoms with Gasteiger partial charge in [-0.25, -0.2) is 0 Å². The van der Waals surface area contributed by atoms with Crippen molar-refractivity contribution < 1.29 is 0 Å². The van der Waals surface area contributed by atoms with Crippen LogP contribution in [0.2, 0.25) is 12.6 Å². The van der Waals surface area contributed by atoms with Crippen LogP contribution in [0.1, 0.15) is 40.5 Å². The van der Waals surface area contributed by atoms with Crippen LogP contribution in [0.15, 0.2) is 0 Å². The topological polar surface area (TPSA) is 0 Å². The Hall–Kier alpha value is 0.0649. The zero-order valence-corrected chi connectivity index (χ0v) is 8.85. The van der Waals surface area contributed by atoms with E-state index in [2.05, 4.69) is 34.5 Å². The van der Waals surface area contributed by atoms with E-state index in [0.717, 1.165) is 17.7 Å². The highest BCUT2D eigenvalue weighted by molar-refractivity contribution is 6.35. The smallest absolute Gasteiger partial charge is 0.0891 e. The van der Waals surface area contributed by atoms with Gasteiger partial charge in [0.05, 0.1) is 0 Å². The van der Waals surface area contributed by atoms with Crippen molar-refractivity contribution in [1.29, 1.82) is 0 Å². The van der Waals surface area contributed by atoms with Crippen molar-refractivity contribution in [2.24, 2.45) is 11.8 Å². The van der Waals surface area contributed by atoms with Crippen LogP contribution in [-0.4, -0.2) is 7.28 Å². The molecule has 0 aromatic carbocycles. The maximum atomic E-state index is 2.39. The molecule has 0 aliphatic heterocycles. The monoisotopic (exact) mass is 154 g/mol. The van der Waals surface area contributed by atoms with Gasteiger partial charge >= 0.3 is 0 Å². The van der Waals surface area contributed by atoms with Crippen LogP contribution in [-0.2, 0) is 0 Å². The van der Waals surface area contributed by atoms with E-state index in [1.165, 1.54) is 20.1 Å². The first-order valence-corrected chi connectivity index (χ1v) is 5.11. The van der Waals surface area contributed by atoms with Crippen molar-refractivity contribution >= 4 is 7.28 Å². The molecule has 1 heteroatoms. The van der Waals surface area contributed by atoms with Crippen LogP contribution in [0.4, 0.5) is 0 Å². The van der Waals surface area contributed by atoms with Crippen molar-refractivity contribution in [3.05, 3.63) is 0 Å². The fourth-order valence-corrected chi connectivity index (χ4v) is 1.44. The number of rotatable bonds is 5. The molecule has 0 saturated heterocycles. The van der Waals surface area contributed by atoms with E-state index >= 15 is 0 Å². The lowest BCUT2D eigenvalue weighted by atomic mass is 9.64. The maximum absolute atomic E-state index is 2.39. The molecule has 0 bridgehead atoms. The minimum Gasteiger partial charge on any atom is -0.0891 e. The summed E-state index contributed by atoms with van der Waals surface area (Å²) in [7, 11) is 1.33. The molecule has 0 rings (SSSR count). The Kier molecular flexibility index (Phi) is 5.72. The van der Waals surface area contributed by atoms with Gasteiger partial charge in [-0.2, -0.15) is 0 Å². The molecule has 0 nitrogen and oxygen atoms in total. The molecule has 0 aromatic rings. The lowest BCUT2D eigenvalue weighted by Gasteiger charge is -2.20. The SMILES string of the molecule is CBC(C)CC(C)C(C)CC. The summed E-state index contributed by atoms with van der Waals surface area (Å²) in [6, 6.07) is 0. The molecule has 0 aromatic heterocycles. The number of hydrogen-bond donors (Lipinski definition) is 0. The average molecular weight is 154 g/mol. The van der Waals surface area contributed by atoms with E-state index < -0.39 is 0 Å². The fraction of sp³-hybridized carbons (Fsp3) is 1.00. The molecule has 0 radical (unpaired) electrons. The lowest BCUT2D eigenvalue weighted by Crippen LogP contribution is -2.10. The zero-order chi connectivity index (χ0) is 8.85. The quantitative estimate of drug-likeness (QED) is 0.532. The average Bonchev–Trinajstić information content (AvgIpc) is 2.02. The van der Waals surface area contributed by atoms with Gasteiger partial charge in [0, 0.05) is 0 Å². The van der Waals surface area contributed by atoms with Crippen molar-refractivity contribution in [1.82, 2.24) is 0 Å². The van der Waals surface area contributed by atoms with E-state index in [4.69, 9.17) is 0 Å². The first-order valence-electron chi connectivity index (χ1n) is 5.11. The van der Waals surface area contributed by atoms with Crippen molar-refractivity contribution in [2.75, 3.05) is 0 Å². The molecular formula is C10H23B. The summed E-state index contributed by atoms with van der Waals surface area (Å²) in [6.07, 6.45) is 2.74. The zero-order valence-electron chi connectivity index (χ0n) is 8.85. The highest BCUT2D eigenvalue weighted by atomic mass is 14.2. The Bertz CT molecular complexity index is 90.9. The molecule has 66 valence electrons. The highest BCUT2D eigenvalue weighted by Gasteiger charge is 2.12. The predicted octanol–water partition coefficient (Wildman–Crippen LogP) is 3.35. The van der Waals surface area contributed by atoms with Crippen LogP contribution in [0.25, 0.3) is 0 Å². The standard InChI is InChI=1S/C10H23B/c1-6-8(2)9(3)7-10(4)11-5/h8-11H,6-7H2,1-5H3. The molecule has 0 heterocycles. The van der Waals surface area contributed by atoms with Crippen molar-refractivity contribution in [3.63, 3.8) is 0 Å². The number of hydrogen-bond acceptors (Lipinski definition) is 0. The molecule has 0 N–H and O–H groups in total. The summed E-state index contributed by atoms with van der Waals surface area (Å²) in [5.41, 5.74) is 0. The molecule has 0 aliphatic carbocycles. The third-order valence-corrected chi connectivity index (χ3v) is 3.09. The third kappa shape index (κ3) is 4.50. The summed E-state index contributed by atoms with van der Waals surface area (Å²) in [4.78, 5) is 0.